The van der Waals surface area contributed by atoms with Gasteiger partial charge in [-0.2, -0.15) is 0 Å². The van der Waals surface area contributed by atoms with Gasteiger partial charge in [0.05, 0.1) is 0 Å². The standard InChI is InChI=1S/Cu.Fe.Pb.S.Zn. The number of hydrogen-bond donors (Lipinski definition) is 0. The molecule has 0 aliphatic heterocycles. The van der Waals surface area contributed by atoms with Crippen molar-refractivity contribution in [1.29, 1.82) is 0 Å². The van der Waals surface area contributed by atoms with Crippen LogP contribution < -0.4 is 0 Å². The first-order valence-corrected chi connectivity index (χ1v) is 1.79. The SMILES string of the molecule is [Cu].[Pb].[S]=[Fe].[Zn]. The summed E-state index contributed by atoms with van der Waals surface area (Å²) in [6.45, 7) is 0. The maximum Gasteiger partial charge on any atom is 0 e. The molecule has 0 bridgehead atoms. The molecule has 5 radical (unpaired) electrons. The van der Waals surface area contributed by atoms with Gasteiger partial charge in [0, 0.05) is 63.8 Å². The Morgan fingerprint density at radius 1 is 1.20 bits per heavy atom. The van der Waals surface area contributed by atoms with Crippen molar-refractivity contribution in [2.24, 2.45) is 0 Å². The maximum atomic E-state index is 3.83. The molecule has 5 heteroatoms. The Labute approximate surface area is 87.3 Å². The van der Waals surface area contributed by atoms with Crippen molar-refractivity contribution >= 4 is 37.9 Å². The van der Waals surface area contributed by atoms with Gasteiger partial charge in [-0.25, -0.2) is 0 Å². The van der Waals surface area contributed by atoms with Gasteiger partial charge in [-0.3, -0.25) is 0 Å². The van der Waals surface area contributed by atoms with Crippen LogP contribution in [0.15, 0.2) is 0 Å². The first-order chi connectivity index (χ1) is 1.00. The second-order valence-electron chi connectivity index (χ2n) is 0. The first kappa shape index (κ1) is 25.0. The molecule has 0 atom stereocenters. The topological polar surface area (TPSA) is 0 Å². The van der Waals surface area contributed by atoms with Gasteiger partial charge in [0.1, 0.15) is 0 Å². The molecule has 0 aliphatic carbocycles. The van der Waals surface area contributed by atoms with Crippen LogP contribution in [-0.2, 0) is 50.9 Å². The summed E-state index contributed by atoms with van der Waals surface area (Å²) < 4.78 is 0. The van der Waals surface area contributed by atoms with Crippen LogP contribution in [0.2, 0.25) is 0 Å². The van der Waals surface area contributed by atoms with Crippen LogP contribution in [0.1, 0.15) is 0 Å². The van der Waals surface area contributed by atoms with Crippen molar-refractivity contribution in [2.75, 3.05) is 0 Å². The minimum Gasteiger partial charge on any atom is 0 e. The summed E-state index contributed by atoms with van der Waals surface area (Å²) in [6, 6.07) is 0. The van der Waals surface area contributed by atoms with Gasteiger partial charge in [0.2, 0.25) is 0 Å². The molecule has 0 aliphatic rings. The summed E-state index contributed by atoms with van der Waals surface area (Å²) in [7, 11) is 3.83. The van der Waals surface area contributed by atoms with Gasteiger partial charge < -0.3 is 0 Å². The molecule has 0 saturated heterocycles. The molecule has 5 heavy (non-hydrogen) atoms. The average molecular weight is 424 g/mol. The monoisotopic (exact) mass is 423 g/mol. The molecule has 0 saturated carbocycles. The molecule has 0 nitrogen and oxygen atoms in total. The molecule has 0 aromatic carbocycles. The fraction of sp³-hybridized carbons (Fsp3) is 0. The van der Waals surface area contributed by atoms with E-state index in [1.54, 1.807) is 0 Å². The van der Waals surface area contributed by atoms with E-state index in [1.165, 1.54) is 0 Å². The molecule has 0 heterocycles. The summed E-state index contributed by atoms with van der Waals surface area (Å²) >= 11 is 2.83. The Hall–Kier alpha value is 2.80. The largest absolute Gasteiger partial charge is 0 e. The van der Waals surface area contributed by atoms with Gasteiger partial charge in [-0.05, 0) is 0 Å². The quantitative estimate of drug-likeness (QED) is 0.504. The summed E-state index contributed by atoms with van der Waals surface area (Å²) in [4.78, 5) is 0. The summed E-state index contributed by atoms with van der Waals surface area (Å²) in [6.07, 6.45) is 0. The molecule has 0 spiro atoms. The van der Waals surface area contributed by atoms with E-state index in [0.717, 1.165) is 0 Å². The minimum absolute atomic E-state index is 0. The second-order valence-corrected chi connectivity index (χ2v) is 0. The average Bonchev–Trinajstić information content (AvgIpc) is 1.00. The van der Waals surface area contributed by atoms with Gasteiger partial charge in [0.25, 0.3) is 0 Å². The Kier molecular flexibility index (Phi) is 146. The third-order valence-electron chi connectivity index (χ3n) is 0. The van der Waals surface area contributed by atoms with E-state index in [4.69, 9.17) is 0 Å². The van der Waals surface area contributed by atoms with Gasteiger partial charge in [-0.1, -0.05) is 0 Å². The van der Waals surface area contributed by atoms with Crippen LogP contribution >= 0.6 is 10.6 Å². The van der Waals surface area contributed by atoms with Crippen molar-refractivity contribution in [1.82, 2.24) is 0 Å². The van der Waals surface area contributed by atoms with E-state index in [9.17, 15) is 0 Å². The molecule has 0 aromatic rings. The Morgan fingerprint density at radius 3 is 1.20 bits per heavy atom. The van der Waals surface area contributed by atoms with E-state index in [1.807, 2.05) is 0 Å². The molecular weight excluding hydrogens is 424 g/mol. The van der Waals surface area contributed by atoms with E-state index in [2.05, 4.69) is 24.9 Å². The zero-order valence-corrected chi connectivity index (χ0v) is 12.0. The van der Waals surface area contributed by atoms with Crippen LogP contribution in [0, 0.1) is 0 Å². The van der Waals surface area contributed by atoms with E-state index in [-0.39, 0.29) is 63.8 Å². The van der Waals surface area contributed by atoms with Crippen LogP contribution in [0.3, 0.4) is 0 Å². The van der Waals surface area contributed by atoms with Gasteiger partial charge >= 0.3 is 24.9 Å². The number of rotatable bonds is 0. The molecule has 0 amide bonds. The normalized spacial score (nSPS) is 1.00. The van der Waals surface area contributed by atoms with Crippen LogP contribution in [0.4, 0.5) is 0 Å². The van der Waals surface area contributed by atoms with Crippen LogP contribution in [-0.4, -0.2) is 27.3 Å². The molecule has 0 aromatic heterocycles. The van der Waals surface area contributed by atoms with Crippen LogP contribution in [0.5, 0.6) is 0 Å². The molecular formula is CuFePbSZn. The minimum atomic E-state index is 0. The second kappa shape index (κ2) is 29.1. The number of hydrogen-bond acceptors (Lipinski definition) is 1. The third-order valence-corrected chi connectivity index (χ3v) is 0. The Morgan fingerprint density at radius 2 is 1.20 bits per heavy atom. The fourth-order valence-corrected chi connectivity index (χ4v) is 0. The van der Waals surface area contributed by atoms with Gasteiger partial charge in [-0.15, -0.1) is 0 Å². The summed E-state index contributed by atoms with van der Waals surface area (Å²) in [5, 5.41) is 0. The molecule has 0 N–H and O–H groups in total. The van der Waals surface area contributed by atoms with E-state index < -0.39 is 0 Å². The Balaban J connectivity index is -0.00000000167. The molecule has 0 fully saturated rings. The fourth-order valence-electron chi connectivity index (χ4n) is 0. The maximum absolute atomic E-state index is 3.83. The zero-order valence-electron chi connectivity index (χ0n) is 2.27. The predicted molar refractivity (Wildman–Crippen MR) is 13.3 cm³/mol. The van der Waals surface area contributed by atoms with Crippen molar-refractivity contribution < 1.29 is 50.9 Å². The van der Waals surface area contributed by atoms with Gasteiger partial charge in [0.15, 0.2) is 0 Å². The van der Waals surface area contributed by atoms with Crippen molar-refractivity contribution in [2.45, 2.75) is 0 Å². The van der Waals surface area contributed by atoms with Crippen molar-refractivity contribution in [3.63, 3.8) is 0 Å². The molecule has 31 valence electrons. The predicted octanol–water partition coefficient (Wildman–Crippen LogP) is 0.260. The Bertz CT molecular complexity index is 11.6. The molecule has 0 unspecified atom stereocenters. The van der Waals surface area contributed by atoms with E-state index >= 15 is 0 Å². The van der Waals surface area contributed by atoms with Crippen LogP contribution in [0.25, 0.3) is 0 Å². The molecule has 0 rings (SSSR count). The zero-order chi connectivity index (χ0) is 2.00. The summed E-state index contributed by atoms with van der Waals surface area (Å²) in [5.41, 5.74) is 0. The smallest absolute Gasteiger partial charge is 0 e. The first-order valence-electron chi connectivity index (χ1n) is 0.144. The van der Waals surface area contributed by atoms with Crippen molar-refractivity contribution in [3.05, 3.63) is 0 Å². The van der Waals surface area contributed by atoms with Crippen molar-refractivity contribution in [3.8, 4) is 0 Å². The summed E-state index contributed by atoms with van der Waals surface area (Å²) in [5.74, 6) is 0. The third kappa shape index (κ3) is 20.0. The van der Waals surface area contributed by atoms with E-state index in [0.29, 0.717) is 0 Å².